The van der Waals surface area contributed by atoms with E-state index in [9.17, 15) is 14.7 Å². The lowest BCUT2D eigenvalue weighted by atomic mass is 10.2. The van der Waals surface area contributed by atoms with Gasteiger partial charge in [0.15, 0.2) is 17.6 Å². The fourth-order valence-electron chi connectivity index (χ4n) is 1.84. The number of thiophene rings is 1. The van der Waals surface area contributed by atoms with Gasteiger partial charge in [-0.1, -0.05) is 6.07 Å². The van der Waals surface area contributed by atoms with E-state index in [1.807, 2.05) is 6.07 Å². The molecule has 0 radical (unpaired) electrons. The summed E-state index contributed by atoms with van der Waals surface area (Å²) in [5.74, 6) is -1.67. The number of nitriles is 1. The number of nitrogens with one attached hydrogen (secondary N) is 1. The third kappa shape index (κ3) is 3.64. The zero-order chi connectivity index (χ0) is 17.7. The van der Waals surface area contributed by atoms with Gasteiger partial charge in [-0.05, 0) is 30.5 Å². The highest BCUT2D eigenvalue weighted by Crippen LogP contribution is 2.30. The Bertz CT molecular complexity index is 809. The smallest absolute Gasteiger partial charge is 0.342 e. The summed E-state index contributed by atoms with van der Waals surface area (Å²) in [6.45, 7) is 1.39. The zero-order valence-electron chi connectivity index (χ0n) is 12.9. The SMILES string of the molecule is COc1cccc(C(=O)OC(C)C(=O)Nc2sccc2C#N)c1O. The summed E-state index contributed by atoms with van der Waals surface area (Å²) in [6, 6.07) is 7.89. The van der Waals surface area contributed by atoms with Crippen molar-refractivity contribution in [3.63, 3.8) is 0 Å². The van der Waals surface area contributed by atoms with Crippen molar-refractivity contribution < 1.29 is 24.2 Å². The summed E-state index contributed by atoms with van der Waals surface area (Å²) in [5.41, 5.74) is 0.222. The number of aromatic hydroxyl groups is 1. The molecule has 7 nitrogen and oxygen atoms in total. The molecule has 1 heterocycles. The van der Waals surface area contributed by atoms with Gasteiger partial charge in [-0.2, -0.15) is 5.26 Å². The number of hydrogen-bond donors (Lipinski definition) is 2. The van der Waals surface area contributed by atoms with E-state index in [0.717, 1.165) is 0 Å². The van der Waals surface area contributed by atoms with Crippen molar-refractivity contribution in [1.29, 1.82) is 5.26 Å². The molecule has 0 bridgehead atoms. The average molecular weight is 346 g/mol. The standard InChI is InChI=1S/C16H14N2O5S/c1-9(14(20)18-15-10(8-17)6-7-24-15)23-16(21)11-4-3-5-12(22-2)13(11)19/h3-7,9,19H,1-2H3,(H,18,20). The predicted molar refractivity (Wildman–Crippen MR) is 87.2 cm³/mol. The maximum absolute atomic E-state index is 12.1. The number of nitrogens with zero attached hydrogens (tertiary/aromatic N) is 1. The van der Waals surface area contributed by atoms with E-state index in [-0.39, 0.29) is 17.1 Å². The largest absolute Gasteiger partial charge is 0.504 e. The number of ether oxygens (including phenoxy) is 2. The van der Waals surface area contributed by atoms with Crippen LogP contribution in [0, 0.1) is 11.3 Å². The van der Waals surface area contributed by atoms with E-state index in [2.05, 4.69) is 5.32 Å². The molecule has 1 amide bonds. The van der Waals surface area contributed by atoms with Gasteiger partial charge >= 0.3 is 5.97 Å². The Hall–Kier alpha value is -3.05. The number of carbonyl (C=O) groups excluding carboxylic acids is 2. The van der Waals surface area contributed by atoms with Crippen LogP contribution in [-0.4, -0.2) is 30.2 Å². The van der Waals surface area contributed by atoms with E-state index in [4.69, 9.17) is 14.7 Å². The minimum atomic E-state index is -1.11. The summed E-state index contributed by atoms with van der Waals surface area (Å²) in [4.78, 5) is 24.2. The number of phenols is 1. The molecule has 0 fully saturated rings. The maximum atomic E-state index is 12.1. The van der Waals surface area contributed by atoms with Crippen LogP contribution in [0.4, 0.5) is 5.00 Å². The number of phenolic OH excluding ortho intramolecular Hbond substituents is 1. The number of carbonyl (C=O) groups is 2. The number of rotatable bonds is 5. The van der Waals surface area contributed by atoms with Crippen LogP contribution in [0.25, 0.3) is 0 Å². The summed E-state index contributed by atoms with van der Waals surface area (Å²) >= 11 is 1.19. The summed E-state index contributed by atoms with van der Waals surface area (Å²) in [5, 5.41) is 23.4. The molecular weight excluding hydrogens is 332 g/mol. The van der Waals surface area contributed by atoms with Crippen molar-refractivity contribution in [3.8, 4) is 17.6 Å². The average Bonchev–Trinajstić information content (AvgIpc) is 3.01. The Balaban J connectivity index is 2.06. The molecule has 0 spiro atoms. The number of benzene rings is 1. The van der Waals surface area contributed by atoms with Crippen LogP contribution in [0.2, 0.25) is 0 Å². The van der Waals surface area contributed by atoms with E-state index in [1.165, 1.54) is 43.6 Å². The second kappa shape index (κ2) is 7.48. The molecule has 1 unspecified atom stereocenters. The predicted octanol–water partition coefficient (Wildman–Crippen LogP) is 2.52. The highest BCUT2D eigenvalue weighted by molar-refractivity contribution is 7.14. The number of esters is 1. The molecule has 1 aromatic heterocycles. The van der Waals surface area contributed by atoms with Gasteiger partial charge in [0.2, 0.25) is 0 Å². The minimum Gasteiger partial charge on any atom is -0.504 e. The van der Waals surface area contributed by atoms with Gasteiger partial charge in [-0.3, -0.25) is 4.79 Å². The number of para-hydroxylation sites is 1. The second-order valence-electron chi connectivity index (χ2n) is 4.67. The number of anilines is 1. The van der Waals surface area contributed by atoms with Crippen LogP contribution in [0.3, 0.4) is 0 Å². The van der Waals surface area contributed by atoms with Gasteiger partial charge < -0.3 is 19.9 Å². The van der Waals surface area contributed by atoms with Crippen LogP contribution in [0.15, 0.2) is 29.6 Å². The molecule has 0 aliphatic carbocycles. The number of amides is 1. The van der Waals surface area contributed by atoms with E-state index in [0.29, 0.717) is 10.6 Å². The van der Waals surface area contributed by atoms with Gasteiger partial charge in [0.05, 0.1) is 12.7 Å². The van der Waals surface area contributed by atoms with Crippen LogP contribution >= 0.6 is 11.3 Å². The second-order valence-corrected chi connectivity index (χ2v) is 5.58. The maximum Gasteiger partial charge on any atom is 0.342 e. The highest BCUT2D eigenvalue weighted by Gasteiger charge is 2.23. The van der Waals surface area contributed by atoms with E-state index < -0.39 is 18.0 Å². The van der Waals surface area contributed by atoms with Crippen molar-refractivity contribution in [2.45, 2.75) is 13.0 Å². The van der Waals surface area contributed by atoms with Crippen molar-refractivity contribution in [3.05, 3.63) is 40.8 Å². The fraction of sp³-hybridized carbons (Fsp3) is 0.188. The summed E-state index contributed by atoms with van der Waals surface area (Å²) in [7, 11) is 1.36. The lowest BCUT2D eigenvalue weighted by Crippen LogP contribution is -2.30. The molecule has 8 heteroatoms. The monoisotopic (exact) mass is 346 g/mol. The van der Waals surface area contributed by atoms with Crippen molar-refractivity contribution in [2.24, 2.45) is 0 Å². The van der Waals surface area contributed by atoms with Gasteiger partial charge in [0.25, 0.3) is 5.91 Å². The Labute approximate surface area is 142 Å². The first-order valence-electron chi connectivity index (χ1n) is 6.83. The van der Waals surface area contributed by atoms with Gasteiger partial charge in [-0.25, -0.2) is 4.79 Å². The minimum absolute atomic E-state index is 0.108. The first-order chi connectivity index (χ1) is 11.5. The summed E-state index contributed by atoms with van der Waals surface area (Å²) in [6.07, 6.45) is -1.11. The number of hydrogen-bond acceptors (Lipinski definition) is 7. The molecule has 0 saturated heterocycles. The molecule has 0 saturated carbocycles. The molecule has 2 N–H and O–H groups in total. The lowest BCUT2D eigenvalue weighted by molar-refractivity contribution is -0.123. The van der Waals surface area contributed by atoms with Gasteiger partial charge in [-0.15, -0.1) is 11.3 Å². The normalized spacial score (nSPS) is 11.2. The lowest BCUT2D eigenvalue weighted by Gasteiger charge is -2.14. The molecular formula is C16H14N2O5S. The molecule has 124 valence electrons. The van der Waals surface area contributed by atoms with Crippen LogP contribution in [0.1, 0.15) is 22.8 Å². The Morgan fingerprint density at radius 2 is 2.12 bits per heavy atom. The van der Waals surface area contributed by atoms with E-state index in [1.54, 1.807) is 11.4 Å². The fourth-order valence-corrected chi connectivity index (χ4v) is 2.58. The molecule has 2 aromatic rings. The van der Waals surface area contributed by atoms with Gasteiger partial charge in [0, 0.05) is 0 Å². The molecule has 0 aliphatic rings. The Morgan fingerprint density at radius 1 is 1.38 bits per heavy atom. The third-order valence-electron chi connectivity index (χ3n) is 3.11. The first kappa shape index (κ1) is 17.3. The highest BCUT2D eigenvalue weighted by atomic mass is 32.1. The van der Waals surface area contributed by atoms with Crippen LogP contribution in [0.5, 0.6) is 11.5 Å². The molecule has 1 atom stereocenters. The van der Waals surface area contributed by atoms with Crippen molar-refractivity contribution >= 4 is 28.2 Å². The molecule has 24 heavy (non-hydrogen) atoms. The van der Waals surface area contributed by atoms with Crippen LogP contribution in [-0.2, 0) is 9.53 Å². The van der Waals surface area contributed by atoms with Crippen molar-refractivity contribution in [2.75, 3.05) is 12.4 Å². The Kier molecular flexibility index (Phi) is 5.39. The zero-order valence-corrected chi connectivity index (χ0v) is 13.7. The van der Waals surface area contributed by atoms with Crippen molar-refractivity contribution in [1.82, 2.24) is 0 Å². The summed E-state index contributed by atoms with van der Waals surface area (Å²) < 4.78 is 9.97. The van der Waals surface area contributed by atoms with E-state index >= 15 is 0 Å². The van der Waals surface area contributed by atoms with Crippen LogP contribution < -0.4 is 10.1 Å². The number of methoxy groups -OCH3 is 1. The van der Waals surface area contributed by atoms with Gasteiger partial charge in [0.1, 0.15) is 16.6 Å². The third-order valence-corrected chi connectivity index (χ3v) is 3.94. The Morgan fingerprint density at radius 3 is 2.79 bits per heavy atom. The topological polar surface area (TPSA) is 109 Å². The molecule has 1 aromatic carbocycles. The quantitative estimate of drug-likeness (QED) is 0.805. The molecule has 0 aliphatic heterocycles. The molecule has 2 rings (SSSR count). The first-order valence-corrected chi connectivity index (χ1v) is 7.71.